The third-order valence-electron chi connectivity index (χ3n) is 3.82. The minimum absolute atomic E-state index is 0.266. The van der Waals surface area contributed by atoms with Gasteiger partial charge in [0.1, 0.15) is 11.3 Å². The van der Waals surface area contributed by atoms with Gasteiger partial charge in [-0.05, 0) is 50.0 Å². The standard InChI is InChI=1S/C18H21NO6S/c1-10-8-16(20)25-15-9-12(4-5-13(10)15)24-11(2)17(21)19-14(18(22)23)6-7-26-3/h4-5,8-9,11,14H,6-7H2,1-3H3,(H,19,21)(H,22,23)/p-1/t11-,14+/m1/s1. The molecule has 1 N–H and O–H groups in total. The van der Waals surface area contributed by atoms with Crippen LogP contribution in [0, 0.1) is 6.92 Å². The first-order valence-electron chi connectivity index (χ1n) is 8.03. The van der Waals surface area contributed by atoms with Crippen LogP contribution in [0.1, 0.15) is 18.9 Å². The van der Waals surface area contributed by atoms with Gasteiger partial charge in [-0.15, -0.1) is 0 Å². The molecule has 0 aliphatic carbocycles. The summed E-state index contributed by atoms with van der Waals surface area (Å²) in [5.41, 5.74) is 0.662. The molecular formula is C18H20NO6S-. The zero-order valence-corrected chi connectivity index (χ0v) is 15.6. The summed E-state index contributed by atoms with van der Waals surface area (Å²) in [6.07, 6.45) is 1.18. The van der Waals surface area contributed by atoms with Crippen molar-refractivity contribution in [3.8, 4) is 5.75 Å². The topological polar surface area (TPSA) is 109 Å². The Morgan fingerprint density at radius 1 is 1.35 bits per heavy atom. The van der Waals surface area contributed by atoms with Gasteiger partial charge >= 0.3 is 5.63 Å². The van der Waals surface area contributed by atoms with Crippen molar-refractivity contribution in [2.75, 3.05) is 12.0 Å². The van der Waals surface area contributed by atoms with E-state index >= 15 is 0 Å². The number of aryl methyl sites for hydroxylation is 1. The Kier molecular flexibility index (Phi) is 6.68. The molecule has 2 aromatic rings. The summed E-state index contributed by atoms with van der Waals surface area (Å²) >= 11 is 1.48. The Morgan fingerprint density at radius 3 is 2.73 bits per heavy atom. The van der Waals surface area contributed by atoms with E-state index in [9.17, 15) is 19.5 Å². The summed E-state index contributed by atoms with van der Waals surface area (Å²) in [7, 11) is 0. The van der Waals surface area contributed by atoms with E-state index in [1.165, 1.54) is 30.8 Å². The summed E-state index contributed by atoms with van der Waals surface area (Å²) in [5.74, 6) is -0.978. The molecule has 2 rings (SSSR count). The van der Waals surface area contributed by atoms with Crippen LogP contribution in [0.4, 0.5) is 0 Å². The zero-order chi connectivity index (χ0) is 19.3. The van der Waals surface area contributed by atoms with E-state index in [2.05, 4.69) is 5.32 Å². The molecule has 1 amide bonds. The number of fused-ring (bicyclic) bond motifs is 1. The van der Waals surface area contributed by atoms with Crippen LogP contribution in [0.5, 0.6) is 5.75 Å². The highest BCUT2D eigenvalue weighted by atomic mass is 32.2. The lowest BCUT2D eigenvalue weighted by Gasteiger charge is -2.22. The van der Waals surface area contributed by atoms with E-state index in [1.807, 2.05) is 6.26 Å². The highest BCUT2D eigenvalue weighted by Gasteiger charge is 2.20. The summed E-state index contributed by atoms with van der Waals surface area (Å²) < 4.78 is 10.7. The Morgan fingerprint density at radius 2 is 2.08 bits per heavy atom. The van der Waals surface area contributed by atoms with Gasteiger partial charge in [0.25, 0.3) is 5.91 Å². The molecule has 0 aliphatic rings. The van der Waals surface area contributed by atoms with Crippen LogP contribution < -0.4 is 20.8 Å². The molecule has 7 nitrogen and oxygen atoms in total. The number of ether oxygens (including phenoxy) is 1. The molecule has 0 radical (unpaired) electrons. The summed E-state index contributed by atoms with van der Waals surface area (Å²) in [6.45, 7) is 3.30. The van der Waals surface area contributed by atoms with E-state index in [1.54, 1.807) is 19.1 Å². The average molecular weight is 378 g/mol. The number of carboxylic acids is 1. The normalized spacial score (nSPS) is 13.2. The molecule has 0 saturated carbocycles. The van der Waals surface area contributed by atoms with Gasteiger partial charge in [0, 0.05) is 17.5 Å². The maximum atomic E-state index is 12.2. The highest BCUT2D eigenvalue weighted by molar-refractivity contribution is 7.98. The minimum atomic E-state index is -1.33. The summed E-state index contributed by atoms with van der Waals surface area (Å²) in [5, 5.41) is 14.3. The molecule has 1 aromatic heterocycles. The fourth-order valence-electron chi connectivity index (χ4n) is 2.41. The number of hydrogen-bond acceptors (Lipinski definition) is 7. The fraction of sp³-hybridized carbons (Fsp3) is 0.389. The number of benzene rings is 1. The Labute approximate surface area is 154 Å². The van der Waals surface area contributed by atoms with Gasteiger partial charge in [-0.2, -0.15) is 11.8 Å². The van der Waals surface area contributed by atoms with Gasteiger partial charge < -0.3 is 24.4 Å². The number of amides is 1. The summed E-state index contributed by atoms with van der Waals surface area (Å²) in [4.78, 5) is 34.8. The minimum Gasteiger partial charge on any atom is -0.548 e. The van der Waals surface area contributed by atoms with Gasteiger partial charge in [0.2, 0.25) is 0 Å². The highest BCUT2D eigenvalue weighted by Crippen LogP contribution is 2.23. The van der Waals surface area contributed by atoms with E-state index in [-0.39, 0.29) is 6.42 Å². The monoisotopic (exact) mass is 378 g/mol. The first-order valence-corrected chi connectivity index (χ1v) is 9.42. The predicted octanol–water partition coefficient (Wildman–Crippen LogP) is 0.857. The average Bonchev–Trinajstić information content (AvgIpc) is 2.57. The van der Waals surface area contributed by atoms with E-state index in [0.29, 0.717) is 17.1 Å². The van der Waals surface area contributed by atoms with Crippen LogP contribution in [0.2, 0.25) is 0 Å². The van der Waals surface area contributed by atoms with E-state index in [0.717, 1.165) is 10.9 Å². The van der Waals surface area contributed by atoms with Gasteiger partial charge in [-0.25, -0.2) is 4.79 Å². The molecule has 8 heteroatoms. The van der Waals surface area contributed by atoms with Crippen LogP contribution in [-0.4, -0.2) is 36.0 Å². The lowest BCUT2D eigenvalue weighted by Crippen LogP contribution is -2.51. The number of nitrogens with one attached hydrogen (secondary N) is 1. The van der Waals surface area contributed by atoms with Crippen molar-refractivity contribution in [1.29, 1.82) is 0 Å². The SMILES string of the molecule is CSCC[C@H](NC(=O)[C@@H](C)Oc1ccc2c(C)cc(=O)oc2c1)C(=O)[O-]. The second kappa shape index (κ2) is 8.75. The maximum absolute atomic E-state index is 12.2. The molecule has 140 valence electrons. The molecule has 0 spiro atoms. The van der Waals surface area contributed by atoms with Crippen molar-refractivity contribution < 1.29 is 23.8 Å². The first-order chi connectivity index (χ1) is 12.3. The summed E-state index contributed by atoms with van der Waals surface area (Å²) in [6, 6.07) is 5.24. The van der Waals surface area contributed by atoms with Gasteiger partial charge in [-0.3, -0.25) is 4.79 Å². The van der Waals surface area contributed by atoms with Gasteiger partial charge in [0.05, 0.1) is 12.0 Å². The van der Waals surface area contributed by atoms with Crippen LogP contribution >= 0.6 is 11.8 Å². The first kappa shape index (κ1) is 19.8. The van der Waals surface area contributed by atoms with Crippen LogP contribution in [-0.2, 0) is 9.59 Å². The molecular weight excluding hydrogens is 358 g/mol. The number of thioether (sulfide) groups is 1. The predicted molar refractivity (Wildman–Crippen MR) is 97.2 cm³/mol. The van der Waals surface area contributed by atoms with Crippen molar-refractivity contribution >= 4 is 34.6 Å². The smallest absolute Gasteiger partial charge is 0.336 e. The number of hydrogen-bond donors (Lipinski definition) is 1. The van der Waals surface area contributed by atoms with Crippen LogP contribution in [0.15, 0.2) is 33.5 Å². The number of aliphatic carboxylic acids is 1. The fourth-order valence-corrected chi connectivity index (χ4v) is 2.88. The number of rotatable bonds is 8. The second-order valence-electron chi connectivity index (χ2n) is 5.83. The number of carboxylic acid groups (broad SMARTS) is 1. The number of carbonyl (C=O) groups excluding carboxylic acids is 2. The molecule has 0 aliphatic heterocycles. The Bertz CT molecular complexity index is 862. The van der Waals surface area contributed by atoms with Crippen LogP contribution in [0.25, 0.3) is 11.0 Å². The second-order valence-corrected chi connectivity index (χ2v) is 6.81. The van der Waals surface area contributed by atoms with Crippen molar-refractivity contribution in [2.24, 2.45) is 0 Å². The molecule has 0 fully saturated rings. The van der Waals surface area contributed by atoms with Crippen molar-refractivity contribution in [1.82, 2.24) is 5.32 Å². The quantitative estimate of drug-likeness (QED) is 0.679. The van der Waals surface area contributed by atoms with E-state index < -0.39 is 29.6 Å². The van der Waals surface area contributed by atoms with Gasteiger partial charge in [0.15, 0.2) is 6.10 Å². The molecule has 26 heavy (non-hydrogen) atoms. The Hall–Kier alpha value is -2.48. The van der Waals surface area contributed by atoms with Crippen molar-refractivity contribution in [3.63, 3.8) is 0 Å². The lowest BCUT2D eigenvalue weighted by molar-refractivity contribution is -0.308. The lowest BCUT2D eigenvalue weighted by atomic mass is 10.1. The van der Waals surface area contributed by atoms with Gasteiger partial charge in [-0.1, -0.05) is 0 Å². The largest absolute Gasteiger partial charge is 0.548 e. The molecule has 0 bridgehead atoms. The van der Waals surface area contributed by atoms with Crippen molar-refractivity contribution in [3.05, 3.63) is 40.2 Å². The maximum Gasteiger partial charge on any atom is 0.336 e. The third kappa shape index (κ3) is 5.01. The molecule has 2 atom stereocenters. The molecule has 0 unspecified atom stereocenters. The van der Waals surface area contributed by atoms with E-state index in [4.69, 9.17) is 9.15 Å². The zero-order valence-electron chi connectivity index (χ0n) is 14.7. The Balaban J connectivity index is 2.09. The third-order valence-corrected chi connectivity index (χ3v) is 4.46. The molecule has 1 heterocycles. The molecule has 0 saturated heterocycles. The van der Waals surface area contributed by atoms with Crippen LogP contribution in [0.3, 0.4) is 0 Å². The molecule has 1 aromatic carbocycles. The number of carbonyl (C=O) groups is 2. The van der Waals surface area contributed by atoms with Crippen molar-refractivity contribution in [2.45, 2.75) is 32.4 Å².